The van der Waals surface area contributed by atoms with Crippen molar-refractivity contribution in [2.45, 2.75) is 38.8 Å². The zero-order valence-corrected chi connectivity index (χ0v) is 21.9. The van der Waals surface area contributed by atoms with Gasteiger partial charge in [0.1, 0.15) is 5.75 Å². The second kappa shape index (κ2) is 11.0. The Morgan fingerprint density at radius 3 is 2.65 bits per heavy atom. The summed E-state index contributed by atoms with van der Waals surface area (Å²) in [7, 11) is 2.92. The Balaban J connectivity index is 1.81. The van der Waals surface area contributed by atoms with Crippen molar-refractivity contribution < 1.29 is 19.2 Å². The number of non-ortho nitro benzene ring substituents is 1. The first-order valence-corrected chi connectivity index (χ1v) is 12.2. The number of pyridine rings is 1. The fraction of sp³-hybridized carbons (Fsp3) is 0.346. The molecule has 10 nitrogen and oxygen atoms in total. The smallest absolute Gasteiger partial charge is 0.305 e. The standard InChI is InChI=1S/C26H29N5O5S/c1-16-14-19(17(2)30(16)21-15-18(31(33)34)10-11-22(21)35-3)25-24(20-8-5-6-12-27-20)28-26(37)29(25)13-7-9-23(32)36-4/h5-6,8,10-12,14-15,24-25H,7,9,13H2,1-4H3,(H,28,37)/t24-,25-/m0/s1. The van der Waals surface area contributed by atoms with Crippen molar-refractivity contribution in [1.82, 2.24) is 19.8 Å². The quantitative estimate of drug-likeness (QED) is 0.190. The van der Waals surface area contributed by atoms with Gasteiger partial charge in [-0.25, -0.2) is 0 Å². The lowest BCUT2D eigenvalue weighted by molar-refractivity contribution is -0.384. The summed E-state index contributed by atoms with van der Waals surface area (Å²) in [6, 6.07) is 11.9. The molecule has 1 saturated heterocycles. The van der Waals surface area contributed by atoms with Crippen molar-refractivity contribution in [3.05, 3.63) is 81.4 Å². The summed E-state index contributed by atoms with van der Waals surface area (Å²) >= 11 is 5.73. The number of carbonyl (C=O) groups is 1. The highest BCUT2D eigenvalue weighted by molar-refractivity contribution is 7.80. The molecule has 0 bridgehead atoms. The average molecular weight is 524 g/mol. The summed E-state index contributed by atoms with van der Waals surface area (Å²) in [6.45, 7) is 4.47. The van der Waals surface area contributed by atoms with Crippen molar-refractivity contribution in [2.24, 2.45) is 0 Å². The third-order valence-electron chi connectivity index (χ3n) is 6.61. The zero-order valence-electron chi connectivity index (χ0n) is 21.1. The van der Waals surface area contributed by atoms with Crippen LogP contribution in [0.4, 0.5) is 5.69 Å². The lowest BCUT2D eigenvalue weighted by Crippen LogP contribution is -2.31. The van der Waals surface area contributed by atoms with E-state index in [1.54, 1.807) is 19.4 Å². The van der Waals surface area contributed by atoms with E-state index in [2.05, 4.69) is 21.3 Å². The highest BCUT2D eigenvalue weighted by Gasteiger charge is 2.41. The lowest BCUT2D eigenvalue weighted by atomic mass is 9.96. The minimum atomic E-state index is -0.419. The van der Waals surface area contributed by atoms with Crippen LogP contribution in [0.1, 0.15) is 47.6 Å². The second-order valence-corrected chi connectivity index (χ2v) is 9.16. The molecule has 194 valence electrons. The van der Waals surface area contributed by atoms with Crippen molar-refractivity contribution in [3.8, 4) is 11.4 Å². The van der Waals surface area contributed by atoms with E-state index in [1.807, 2.05) is 36.6 Å². The maximum Gasteiger partial charge on any atom is 0.305 e. The number of nitro groups is 1. The van der Waals surface area contributed by atoms with Gasteiger partial charge in [0.2, 0.25) is 0 Å². The predicted molar refractivity (Wildman–Crippen MR) is 142 cm³/mol. The molecule has 1 N–H and O–H groups in total. The normalized spacial score (nSPS) is 17.0. The molecule has 4 rings (SSSR count). The van der Waals surface area contributed by atoms with Gasteiger partial charge in [-0.15, -0.1) is 0 Å². The van der Waals surface area contributed by atoms with Crippen molar-refractivity contribution in [1.29, 1.82) is 0 Å². The fourth-order valence-corrected chi connectivity index (χ4v) is 5.24. The monoisotopic (exact) mass is 523 g/mol. The minimum absolute atomic E-state index is 0.0237. The van der Waals surface area contributed by atoms with Crippen LogP contribution in [0.3, 0.4) is 0 Å². The van der Waals surface area contributed by atoms with E-state index >= 15 is 0 Å². The molecule has 0 amide bonds. The van der Waals surface area contributed by atoms with Gasteiger partial charge in [0.05, 0.1) is 42.6 Å². The number of aryl methyl sites for hydroxylation is 1. The van der Waals surface area contributed by atoms with Crippen LogP contribution < -0.4 is 10.1 Å². The third kappa shape index (κ3) is 5.12. The molecule has 2 aromatic heterocycles. The predicted octanol–water partition coefficient (Wildman–Crippen LogP) is 4.33. The topological polar surface area (TPSA) is 112 Å². The molecule has 3 aromatic rings. The summed E-state index contributed by atoms with van der Waals surface area (Å²) < 4.78 is 12.3. The van der Waals surface area contributed by atoms with E-state index in [-0.39, 0.29) is 30.2 Å². The first-order chi connectivity index (χ1) is 17.8. The Hall–Kier alpha value is -3.99. The Bertz CT molecular complexity index is 1330. The Morgan fingerprint density at radius 1 is 1.22 bits per heavy atom. The van der Waals surface area contributed by atoms with Crippen LogP contribution >= 0.6 is 12.2 Å². The van der Waals surface area contributed by atoms with E-state index in [0.717, 1.165) is 22.6 Å². The van der Waals surface area contributed by atoms with Gasteiger partial charge in [0.15, 0.2) is 5.11 Å². The maximum atomic E-state index is 11.7. The molecule has 1 aromatic carbocycles. The van der Waals surface area contributed by atoms with Crippen molar-refractivity contribution in [2.75, 3.05) is 20.8 Å². The van der Waals surface area contributed by atoms with E-state index in [0.29, 0.717) is 29.5 Å². The number of thiocarbonyl (C=S) groups is 1. The molecule has 1 fully saturated rings. The molecule has 0 radical (unpaired) electrons. The van der Waals surface area contributed by atoms with E-state index in [4.69, 9.17) is 21.7 Å². The average Bonchev–Trinajstić information content (AvgIpc) is 3.38. The molecule has 0 spiro atoms. The Labute approximate surface area is 220 Å². The first-order valence-electron chi connectivity index (χ1n) is 11.8. The number of nitro benzene ring substituents is 1. The number of aromatic nitrogens is 2. The Morgan fingerprint density at radius 2 is 2.00 bits per heavy atom. The molecular formula is C26H29N5O5S. The number of ether oxygens (including phenoxy) is 2. The van der Waals surface area contributed by atoms with E-state index in [1.165, 1.54) is 19.2 Å². The molecule has 0 unspecified atom stereocenters. The van der Waals surface area contributed by atoms with Gasteiger partial charge in [-0.1, -0.05) is 6.07 Å². The number of benzene rings is 1. The summed E-state index contributed by atoms with van der Waals surface area (Å²) in [5, 5.41) is 15.5. The highest BCUT2D eigenvalue weighted by Crippen LogP contribution is 2.42. The van der Waals surface area contributed by atoms with Crippen LogP contribution in [-0.4, -0.2) is 51.2 Å². The number of hydrogen-bond acceptors (Lipinski definition) is 7. The molecule has 1 aliphatic rings. The lowest BCUT2D eigenvalue weighted by Gasteiger charge is -2.28. The molecule has 0 aliphatic carbocycles. The molecular weight excluding hydrogens is 494 g/mol. The molecule has 1 aliphatic heterocycles. The SMILES string of the molecule is COC(=O)CCCN1C(=S)N[C@@H](c2ccccn2)[C@@H]1c1cc(C)n(-c2cc([N+](=O)[O-])ccc2OC)c1C. The van der Waals surface area contributed by atoms with Gasteiger partial charge in [0, 0.05) is 42.7 Å². The summed E-state index contributed by atoms with van der Waals surface area (Å²) in [5.74, 6) is 0.252. The first kappa shape index (κ1) is 26.1. The van der Waals surface area contributed by atoms with Crippen LogP contribution in [-0.2, 0) is 9.53 Å². The second-order valence-electron chi connectivity index (χ2n) is 8.77. The fourth-order valence-electron chi connectivity index (χ4n) is 4.91. The molecule has 11 heteroatoms. The van der Waals surface area contributed by atoms with Gasteiger partial charge in [0.25, 0.3) is 5.69 Å². The summed E-state index contributed by atoms with van der Waals surface area (Å²) in [6.07, 6.45) is 2.59. The van der Waals surface area contributed by atoms with E-state index in [9.17, 15) is 14.9 Å². The largest absolute Gasteiger partial charge is 0.495 e. The summed E-state index contributed by atoms with van der Waals surface area (Å²) in [4.78, 5) is 29.5. The number of hydrogen-bond donors (Lipinski definition) is 1. The van der Waals surface area contributed by atoms with Gasteiger partial charge < -0.3 is 24.3 Å². The van der Waals surface area contributed by atoms with Gasteiger partial charge in [-0.05, 0) is 62.3 Å². The number of nitrogens with zero attached hydrogens (tertiary/aromatic N) is 4. The van der Waals surface area contributed by atoms with Crippen molar-refractivity contribution >= 4 is 29.0 Å². The molecule has 0 saturated carbocycles. The molecule has 3 heterocycles. The maximum absolute atomic E-state index is 11.7. The van der Waals surface area contributed by atoms with E-state index < -0.39 is 4.92 Å². The number of methoxy groups -OCH3 is 2. The highest BCUT2D eigenvalue weighted by atomic mass is 32.1. The van der Waals surface area contributed by atoms with Crippen LogP contribution in [0.15, 0.2) is 48.7 Å². The van der Waals surface area contributed by atoms with Crippen LogP contribution in [0.5, 0.6) is 5.75 Å². The molecule has 37 heavy (non-hydrogen) atoms. The van der Waals surface area contributed by atoms with Gasteiger partial charge in [-0.3, -0.25) is 19.9 Å². The minimum Gasteiger partial charge on any atom is -0.495 e. The van der Waals surface area contributed by atoms with Crippen LogP contribution in [0.2, 0.25) is 0 Å². The van der Waals surface area contributed by atoms with Crippen LogP contribution in [0.25, 0.3) is 5.69 Å². The third-order valence-corrected chi connectivity index (χ3v) is 6.96. The van der Waals surface area contributed by atoms with Crippen LogP contribution in [0, 0.1) is 24.0 Å². The van der Waals surface area contributed by atoms with Gasteiger partial charge in [-0.2, -0.15) is 0 Å². The zero-order chi connectivity index (χ0) is 26.7. The number of carbonyl (C=O) groups excluding carboxylic acids is 1. The molecule has 2 atom stereocenters. The summed E-state index contributed by atoms with van der Waals surface area (Å²) in [5.41, 5.74) is 4.17. The number of esters is 1. The number of nitrogens with one attached hydrogen (secondary N) is 1. The number of rotatable bonds is 9. The van der Waals surface area contributed by atoms with Gasteiger partial charge >= 0.3 is 5.97 Å². The Kier molecular flexibility index (Phi) is 7.72. The van der Waals surface area contributed by atoms with Crippen molar-refractivity contribution in [3.63, 3.8) is 0 Å².